The van der Waals surface area contributed by atoms with Crippen LogP contribution < -0.4 is 26.2 Å². The fourth-order valence-corrected chi connectivity index (χ4v) is 10.4. The summed E-state index contributed by atoms with van der Waals surface area (Å²) in [7, 11) is -3.58. The SMILES string of the molecule is Cc1ccc(C(=O)NCC(=O)Nc2nc(-c3cccc(N4CCC(NCCCc5ccc6c(c5)c5cccnc5n6C5CCC(=O)NC5=O)CC4)c3)cs2)cc1S(=O)(=O)C(C)C. The largest absolute Gasteiger partial charge is 0.371 e. The highest BCUT2D eigenvalue weighted by molar-refractivity contribution is 7.92. The van der Waals surface area contributed by atoms with Crippen LogP contribution in [0.25, 0.3) is 33.2 Å². The number of hydrogen-bond acceptors (Lipinski definition) is 11. The molecule has 0 saturated carbocycles. The molecule has 322 valence electrons. The molecule has 4 amide bonds. The van der Waals surface area contributed by atoms with Gasteiger partial charge >= 0.3 is 0 Å². The van der Waals surface area contributed by atoms with Gasteiger partial charge in [0.2, 0.25) is 17.7 Å². The number of carbonyl (C=O) groups is 4. The lowest BCUT2D eigenvalue weighted by Crippen LogP contribution is -2.42. The number of fused-ring (bicyclic) bond motifs is 3. The standard InChI is InChI=1S/C46H50N8O6S2/c1-28(2)62(59,60)40-25-32(13-11-29(40)3)44(57)49-26-42(56)52-46-50-37(27-61-46)31-8-4-9-34(24-31)53-21-17-33(18-22-53)47-19-5-7-30-12-14-38-36(23-30)35-10-6-20-48-43(35)54(38)39-15-16-41(55)51-45(39)58/h4,6,8-14,20,23-25,27-28,33,39,47H,5,7,15-19,21-22,26H2,1-3H3,(H,49,57)(H,50,52,56)(H,51,55,58). The van der Waals surface area contributed by atoms with Crippen LogP contribution in [-0.4, -0.2) is 84.1 Å². The van der Waals surface area contributed by atoms with Crippen molar-refractivity contribution in [2.24, 2.45) is 0 Å². The molecule has 1 unspecified atom stereocenters. The van der Waals surface area contributed by atoms with Crippen molar-refractivity contribution in [1.82, 2.24) is 30.5 Å². The second-order valence-electron chi connectivity index (χ2n) is 16.3. The quantitative estimate of drug-likeness (QED) is 0.0712. The van der Waals surface area contributed by atoms with Crippen molar-refractivity contribution in [2.75, 3.05) is 36.4 Å². The zero-order valence-corrected chi connectivity index (χ0v) is 36.6. The third-order valence-electron chi connectivity index (χ3n) is 11.8. The van der Waals surface area contributed by atoms with E-state index < -0.39 is 32.9 Å². The number of sulfone groups is 1. The molecule has 8 rings (SSSR count). The van der Waals surface area contributed by atoms with Gasteiger partial charge in [0, 0.05) is 64.7 Å². The number of thiazole rings is 1. The Kier molecular flexibility index (Phi) is 12.5. The summed E-state index contributed by atoms with van der Waals surface area (Å²) >= 11 is 1.30. The lowest BCUT2D eigenvalue weighted by molar-refractivity contribution is -0.135. The first kappa shape index (κ1) is 42.7. The number of aromatic nitrogens is 3. The smallest absolute Gasteiger partial charge is 0.251 e. The monoisotopic (exact) mass is 874 g/mol. The molecule has 3 aromatic heterocycles. The fraction of sp³-hybridized carbons (Fsp3) is 0.348. The molecule has 2 aliphatic heterocycles. The van der Waals surface area contributed by atoms with Gasteiger partial charge in [-0.3, -0.25) is 24.5 Å². The van der Waals surface area contributed by atoms with Crippen molar-refractivity contribution in [3.63, 3.8) is 0 Å². The Labute approximate surface area is 364 Å². The van der Waals surface area contributed by atoms with Gasteiger partial charge in [-0.25, -0.2) is 18.4 Å². The molecule has 4 N–H and O–H groups in total. The normalized spacial score (nSPS) is 16.3. The molecule has 2 fully saturated rings. The molecule has 3 aromatic carbocycles. The summed E-state index contributed by atoms with van der Waals surface area (Å²) in [5.41, 5.74) is 6.46. The van der Waals surface area contributed by atoms with Gasteiger partial charge in [0.25, 0.3) is 5.91 Å². The molecule has 16 heteroatoms. The van der Waals surface area contributed by atoms with Crippen molar-refractivity contribution in [3.05, 3.63) is 101 Å². The van der Waals surface area contributed by atoms with E-state index in [0.717, 1.165) is 84.2 Å². The third-order valence-corrected chi connectivity index (χ3v) is 14.8. The maximum absolute atomic E-state index is 12.8. The predicted molar refractivity (Wildman–Crippen MR) is 242 cm³/mol. The van der Waals surface area contributed by atoms with Gasteiger partial charge in [-0.1, -0.05) is 24.3 Å². The lowest BCUT2D eigenvalue weighted by atomic mass is 10.0. The molecular formula is C46H50N8O6S2. The molecule has 2 saturated heterocycles. The van der Waals surface area contributed by atoms with Crippen molar-refractivity contribution in [3.8, 4) is 11.3 Å². The number of anilines is 2. The van der Waals surface area contributed by atoms with E-state index in [0.29, 0.717) is 29.6 Å². The lowest BCUT2D eigenvalue weighted by Gasteiger charge is -2.34. The van der Waals surface area contributed by atoms with Gasteiger partial charge in [-0.15, -0.1) is 11.3 Å². The van der Waals surface area contributed by atoms with Gasteiger partial charge in [0.15, 0.2) is 15.0 Å². The Bertz CT molecular complexity index is 2790. The van der Waals surface area contributed by atoms with Crippen molar-refractivity contribution < 1.29 is 27.6 Å². The number of imide groups is 1. The second-order valence-corrected chi connectivity index (χ2v) is 19.6. The van der Waals surface area contributed by atoms with Crippen LogP contribution in [0.4, 0.5) is 10.8 Å². The zero-order valence-electron chi connectivity index (χ0n) is 34.9. The van der Waals surface area contributed by atoms with Gasteiger partial charge in [-0.2, -0.15) is 0 Å². The minimum Gasteiger partial charge on any atom is -0.371 e. The summed E-state index contributed by atoms with van der Waals surface area (Å²) in [5.74, 6) is -1.50. The molecule has 1 atom stereocenters. The second kappa shape index (κ2) is 18.2. The van der Waals surface area contributed by atoms with E-state index in [9.17, 15) is 27.6 Å². The van der Waals surface area contributed by atoms with Crippen LogP contribution in [0.5, 0.6) is 0 Å². The molecule has 14 nitrogen and oxygen atoms in total. The topological polar surface area (TPSA) is 184 Å². The highest BCUT2D eigenvalue weighted by Gasteiger charge is 2.31. The minimum absolute atomic E-state index is 0.107. The Morgan fingerprint density at radius 3 is 2.58 bits per heavy atom. The van der Waals surface area contributed by atoms with Crippen molar-refractivity contribution >= 4 is 77.6 Å². The number of amides is 4. The van der Waals surface area contributed by atoms with E-state index in [-0.39, 0.29) is 28.8 Å². The molecule has 6 aromatic rings. The summed E-state index contributed by atoms with van der Waals surface area (Å²) in [6.45, 7) is 7.33. The average Bonchev–Trinajstić information content (AvgIpc) is 3.87. The number of hydrogen-bond donors (Lipinski definition) is 4. The molecular weight excluding hydrogens is 825 g/mol. The fourth-order valence-electron chi connectivity index (χ4n) is 8.32. The van der Waals surface area contributed by atoms with E-state index in [2.05, 4.69) is 66.5 Å². The summed E-state index contributed by atoms with van der Waals surface area (Å²) in [5, 5.41) is 15.3. The number of nitrogens with one attached hydrogen (secondary N) is 4. The van der Waals surface area contributed by atoms with E-state index >= 15 is 0 Å². The van der Waals surface area contributed by atoms with Gasteiger partial charge in [0.1, 0.15) is 11.7 Å². The Morgan fingerprint density at radius 2 is 1.79 bits per heavy atom. The van der Waals surface area contributed by atoms with Crippen LogP contribution in [-0.2, 0) is 30.6 Å². The summed E-state index contributed by atoms with van der Waals surface area (Å²) in [6, 6.07) is 23.1. The number of nitrogens with zero attached hydrogens (tertiary/aromatic N) is 4. The number of rotatable bonds is 14. The van der Waals surface area contributed by atoms with E-state index in [4.69, 9.17) is 0 Å². The van der Waals surface area contributed by atoms with Crippen LogP contribution in [0.2, 0.25) is 0 Å². The molecule has 0 aliphatic carbocycles. The Hall–Kier alpha value is -5.97. The number of pyridine rings is 1. The number of piperidine rings is 2. The van der Waals surface area contributed by atoms with Crippen LogP contribution in [0.3, 0.4) is 0 Å². The highest BCUT2D eigenvalue weighted by atomic mass is 32.2. The zero-order chi connectivity index (χ0) is 43.5. The average molecular weight is 875 g/mol. The van der Waals surface area contributed by atoms with Gasteiger partial charge < -0.3 is 25.4 Å². The first-order valence-electron chi connectivity index (χ1n) is 21.0. The molecule has 0 spiro atoms. The number of benzene rings is 3. The number of aryl methyl sites for hydroxylation is 2. The van der Waals surface area contributed by atoms with Crippen LogP contribution in [0.15, 0.2) is 89.3 Å². The van der Waals surface area contributed by atoms with Crippen LogP contribution >= 0.6 is 11.3 Å². The van der Waals surface area contributed by atoms with E-state index in [1.54, 1.807) is 39.1 Å². The van der Waals surface area contributed by atoms with Gasteiger partial charge in [0.05, 0.1) is 27.9 Å². The summed E-state index contributed by atoms with van der Waals surface area (Å²) in [6.07, 6.45) is 6.46. The maximum Gasteiger partial charge on any atom is 0.251 e. The predicted octanol–water partition coefficient (Wildman–Crippen LogP) is 6.34. The Morgan fingerprint density at radius 1 is 0.968 bits per heavy atom. The molecule has 62 heavy (non-hydrogen) atoms. The number of carbonyl (C=O) groups excluding carboxylic acids is 4. The molecule has 2 aliphatic rings. The molecule has 0 radical (unpaired) electrons. The summed E-state index contributed by atoms with van der Waals surface area (Å²) in [4.78, 5) is 62.0. The summed E-state index contributed by atoms with van der Waals surface area (Å²) < 4.78 is 27.5. The highest BCUT2D eigenvalue weighted by Crippen LogP contribution is 2.34. The van der Waals surface area contributed by atoms with E-state index in [1.165, 1.54) is 23.0 Å². The van der Waals surface area contributed by atoms with Crippen molar-refractivity contribution in [1.29, 1.82) is 0 Å². The first-order valence-corrected chi connectivity index (χ1v) is 23.5. The Balaban J connectivity index is 0.798. The van der Waals surface area contributed by atoms with Crippen LogP contribution in [0.1, 0.15) is 73.5 Å². The van der Waals surface area contributed by atoms with Crippen LogP contribution in [0, 0.1) is 6.92 Å². The first-order chi connectivity index (χ1) is 29.8. The molecule has 0 bridgehead atoms. The van der Waals surface area contributed by atoms with Crippen molar-refractivity contribution in [2.45, 2.75) is 81.5 Å². The van der Waals surface area contributed by atoms with E-state index in [1.807, 2.05) is 34.2 Å². The third kappa shape index (κ3) is 9.13. The molecule has 5 heterocycles. The minimum atomic E-state index is -3.58. The maximum atomic E-state index is 12.8. The van der Waals surface area contributed by atoms with Gasteiger partial charge in [-0.05, 0) is 119 Å².